The highest BCUT2D eigenvalue weighted by molar-refractivity contribution is 7.12. The maximum Gasteiger partial charge on any atom is 0.173 e. The first-order chi connectivity index (χ1) is 7.75. The fourth-order valence-electron chi connectivity index (χ4n) is 1.51. The third-order valence-corrected chi connectivity index (χ3v) is 3.47. The molecule has 1 nitrogen and oxygen atoms in total. The number of halogens is 1. The Balaban J connectivity index is 1.95. The summed E-state index contributed by atoms with van der Waals surface area (Å²) in [6, 6.07) is 11.4. The molecule has 0 aliphatic rings. The number of hydrogen-bond acceptors (Lipinski definition) is 2. The first-order valence-corrected chi connectivity index (χ1v) is 6.32. The minimum Gasteiger partial charge on any atom is -0.293 e. The van der Waals surface area contributed by atoms with Gasteiger partial charge in [-0.25, -0.2) is 0 Å². The lowest BCUT2D eigenvalue weighted by atomic mass is 10.1. The van der Waals surface area contributed by atoms with Crippen LogP contribution in [0, 0.1) is 0 Å². The van der Waals surface area contributed by atoms with E-state index in [9.17, 15) is 4.79 Å². The van der Waals surface area contributed by atoms with Crippen molar-refractivity contribution < 1.29 is 4.79 Å². The first-order valence-electron chi connectivity index (χ1n) is 5.07. The van der Waals surface area contributed by atoms with Crippen LogP contribution in [0.25, 0.3) is 0 Å². The Hall–Kier alpha value is -1.12. The summed E-state index contributed by atoms with van der Waals surface area (Å²) >= 11 is 7.37. The maximum absolute atomic E-state index is 11.7. The Morgan fingerprint density at radius 3 is 2.81 bits per heavy atom. The lowest BCUT2D eigenvalue weighted by molar-refractivity contribution is 0.0987. The summed E-state index contributed by atoms with van der Waals surface area (Å²) in [5.74, 6) is 0.204. The molecule has 0 aliphatic heterocycles. The molecule has 0 saturated carbocycles. The van der Waals surface area contributed by atoms with E-state index in [2.05, 4.69) is 0 Å². The largest absolute Gasteiger partial charge is 0.293 e. The normalized spacial score (nSPS) is 10.3. The Labute approximate surface area is 104 Å². The zero-order valence-corrected chi connectivity index (χ0v) is 10.2. The number of thiophene rings is 1. The minimum atomic E-state index is 0.204. The molecular weight excluding hydrogens is 240 g/mol. The van der Waals surface area contributed by atoms with Gasteiger partial charge in [0.25, 0.3) is 0 Å². The topological polar surface area (TPSA) is 17.1 Å². The van der Waals surface area contributed by atoms with Gasteiger partial charge in [-0.15, -0.1) is 11.3 Å². The highest BCUT2D eigenvalue weighted by Crippen LogP contribution is 2.15. The fraction of sp³-hybridized carbons (Fsp3) is 0.154. The average molecular weight is 251 g/mol. The summed E-state index contributed by atoms with van der Waals surface area (Å²) < 4.78 is 0. The van der Waals surface area contributed by atoms with Crippen LogP contribution in [0.4, 0.5) is 0 Å². The van der Waals surface area contributed by atoms with Crippen molar-refractivity contribution in [3.05, 3.63) is 57.2 Å². The summed E-state index contributed by atoms with van der Waals surface area (Å²) in [5, 5.41) is 2.65. The third-order valence-electron chi connectivity index (χ3n) is 2.33. The van der Waals surface area contributed by atoms with E-state index in [0.717, 1.165) is 21.9 Å². The van der Waals surface area contributed by atoms with Crippen molar-refractivity contribution in [2.24, 2.45) is 0 Å². The van der Waals surface area contributed by atoms with E-state index in [1.807, 2.05) is 41.8 Å². The molecule has 0 amide bonds. The van der Waals surface area contributed by atoms with Crippen LogP contribution in [0.2, 0.25) is 5.02 Å². The molecule has 0 radical (unpaired) electrons. The summed E-state index contributed by atoms with van der Waals surface area (Å²) in [6.07, 6.45) is 1.29. The molecule has 2 rings (SSSR count). The van der Waals surface area contributed by atoms with E-state index in [0.29, 0.717) is 6.42 Å². The van der Waals surface area contributed by atoms with E-state index in [4.69, 9.17) is 11.6 Å². The van der Waals surface area contributed by atoms with Crippen LogP contribution in [-0.2, 0) is 6.42 Å². The predicted octanol–water partition coefficient (Wildman–Crippen LogP) is 4.22. The van der Waals surface area contributed by atoms with Gasteiger partial charge in [-0.3, -0.25) is 4.79 Å². The molecule has 1 aromatic heterocycles. The number of benzene rings is 1. The standard InChI is InChI=1S/C13H11ClOS/c14-11-4-1-3-10(9-11)6-7-12(15)13-5-2-8-16-13/h1-5,8-9H,6-7H2. The highest BCUT2D eigenvalue weighted by Gasteiger charge is 2.06. The van der Waals surface area contributed by atoms with Gasteiger partial charge in [0.2, 0.25) is 0 Å². The van der Waals surface area contributed by atoms with Crippen molar-refractivity contribution in [3.8, 4) is 0 Å². The molecular formula is C13H11ClOS. The predicted molar refractivity (Wildman–Crippen MR) is 68.4 cm³/mol. The van der Waals surface area contributed by atoms with Gasteiger partial charge in [0.05, 0.1) is 4.88 Å². The average Bonchev–Trinajstić information content (AvgIpc) is 2.79. The molecule has 1 heterocycles. The molecule has 0 atom stereocenters. The van der Waals surface area contributed by atoms with Crippen LogP contribution >= 0.6 is 22.9 Å². The summed E-state index contributed by atoms with van der Waals surface area (Å²) in [5.41, 5.74) is 1.11. The Morgan fingerprint density at radius 2 is 2.12 bits per heavy atom. The Kier molecular flexibility index (Phi) is 3.75. The van der Waals surface area contributed by atoms with Crippen molar-refractivity contribution in [1.82, 2.24) is 0 Å². The molecule has 2 aromatic rings. The van der Waals surface area contributed by atoms with Crippen LogP contribution in [0.15, 0.2) is 41.8 Å². The number of carbonyl (C=O) groups is 1. The number of hydrogen-bond donors (Lipinski definition) is 0. The number of Topliss-reactive ketones (excluding diaryl/α,β-unsaturated/α-hetero) is 1. The van der Waals surface area contributed by atoms with Gasteiger partial charge in [0.1, 0.15) is 0 Å². The zero-order valence-electron chi connectivity index (χ0n) is 8.65. The minimum absolute atomic E-state index is 0.204. The van der Waals surface area contributed by atoms with Gasteiger partial charge in [0, 0.05) is 11.4 Å². The quantitative estimate of drug-likeness (QED) is 0.743. The number of rotatable bonds is 4. The monoisotopic (exact) mass is 250 g/mol. The zero-order chi connectivity index (χ0) is 11.4. The smallest absolute Gasteiger partial charge is 0.173 e. The fourth-order valence-corrected chi connectivity index (χ4v) is 2.42. The summed E-state index contributed by atoms with van der Waals surface area (Å²) in [6.45, 7) is 0. The molecule has 0 fully saturated rings. The van der Waals surface area contributed by atoms with E-state index in [-0.39, 0.29) is 5.78 Å². The first kappa shape index (κ1) is 11.4. The lowest BCUT2D eigenvalue weighted by Crippen LogP contribution is -1.98. The van der Waals surface area contributed by atoms with Crippen molar-refractivity contribution in [2.75, 3.05) is 0 Å². The van der Waals surface area contributed by atoms with Crippen molar-refractivity contribution in [1.29, 1.82) is 0 Å². The summed E-state index contributed by atoms with van der Waals surface area (Å²) in [7, 11) is 0. The molecule has 1 aromatic carbocycles. The van der Waals surface area contributed by atoms with Gasteiger partial charge < -0.3 is 0 Å². The maximum atomic E-state index is 11.7. The molecule has 16 heavy (non-hydrogen) atoms. The highest BCUT2D eigenvalue weighted by atomic mass is 35.5. The van der Waals surface area contributed by atoms with Crippen molar-refractivity contribution in [3.63, 3.8) is 0 Å². The Bertz CT molecular complexity index is 476. The van der Waals surface area contributed by atoms with Crippen LogP contribution in [0.3, 0.4) is 0 Å². The molecule has 0 unspecified atom stereocenters. The van der Waals surface area contributed by atoms with Gasteiger partial charge in [-0.1, -0.05) is 29.8 Å². The Morgan fingerprint density at radius 1 is 1.25 bits per heavy atom. The third kappa shape index (κ3) is 2.94. The summed E-state index contributed by atoms with van der Waals surface area (Å²) in [4.78, 5) is 12.6. The van der Waals surface area contributed by atoms with Crippen molar-refractivity contribution >= 4 is 28.7 Å². The van der Waals surface area contributed by atoms with E-state index in [1.54, 1.807) is 0 Å². The molecule has 0 N–H and O–H groups in total. The van der Waals surface area contributed by atoms with E-state index < -0.39 is 0 Å². The number of ketones is 1. The molecule has 0 spiro atoms. The van der Waals surface area contributed by atoms with Crippen LogP contribution in [0.1, 0.15) is 21.7 Å². The van der Waals surface area contributed by atoms with E-state index in [1.165, 1.54) is 11.3 Å². The second-order valence-electron chi connectivity index (χ2n) is 3.53. The van der Waals surface area contributed by atoms with Crippen molar-refractivity contribution in [2.45, 2.75) is 12.8 Å². The van der Waals surface area contributed by atoms with Gasteiger partial charge >= 0.3 is 0 Å². The molecule has 0 bridgehead atoms. The van der Waals surface area contributed by atoms with Crippen LogP contribution in [-0.4, -0.2) is 5.78 Å². The van der Waals surface area contributed by atoms with Crippen LogP contribution < -0.4 is 0 Å². The lowest BCUT2D eigenvalue weighted by Gasteiger charge is -2.00. The second-order valence-corrected chi connectivity index (χ2v) is 4.91. The van der Waals surface area contributed by atoms with Gasteiger partial charge in [-0.05, 0) is 35.6 Å². The number of aryl methyl sites for hydroxylation is 1. The van der Waals surface area contributed by atoms with Gasteiger partial charge in [-0.2, -0.15) is 0 Å². The molecule has 3 heteroatoms. The SMILES string of the molecule is O=C(CCc1cccc(Cl)c1)c1cccs1. The second kappa shape index (κ2) is 5.28. The molecule has 82 valence electrons. The van der Waals surface area contributed by atoms with E-state index >= 15 is 0 Å². The number of carbonyl (C=O) groups excluding carboxylic acids is 1. The molecule has 0 saturated heterocycles. The van der Waals surface area contributed by atoms with Crippen LogP contribution in [0.5, 0.6) is 0 Å². The molecule has 0 aliphatic carbocycles. The van der Waals surface area contributed by atoms with Gasteiger partial charge in [0.15, 0.2) is 5.78 Å².